The molecule has 2 saturated heterocycles. The van der Waals surface area contributed by atoms with Crippen molar-refractivity contribution in [2.75, 3.05) is 13.1 Å². The second kappa shape index (κ2) is 7.13. The van der Waals surface area contributed by atoms with Crippen molar-refractivity contribution in [2.45, 2.75) is 64.6 Å². The normalized spacial score (nSPS) is 27.5. The van der Waals surface area contributed by atoms with Gasteiger partial charge in [0.25, 0.3) is 5.91 Å². The first-order valence-corrected chi connectivity index (χ1v) is 8.88. The number of nitrogens with two attached hydrogens (primary N) is 1. The molecule has 0 radical (unpaired) electrons. The quantitative estimate of drug-likeness (QED) is 0.538. The molecule has 2 aliphatic rings. The highest BCUT2D eigenvalue weighted by Crippen LogP contribution is 2.33. The summed E-state index contributed by atoms with van der Waals surface area (Å²) in [5, 5.41) is 3.20. The molecule has 2 heterocycles. The highest BCUT2D eigenvalue weighted by atomic mass is 32.1. The van der Waals surface area contributed by atoms with Gasteiger partial charge in [0.2, 0.25) is 5.91 Å². The van der Waals surface area contributed by atoms with Crippen molar-refractivity contribution in [1.82, 2.24) is 15.1 Å². The highest BCUT2D eigenvalue weighted by molar-refractivity contribution is 7.80. The fraction of sp³-hybridized carbons (Fsp3) is 0.812. The Morgan fingerprint density at radius 2 is 2.09 bits per heavy atom. The number of carbonyl (C=O) groups is 2. The third kappa shape index (κ3) is 3.66. The first-order valence-electron chi connectivity index (χ1n) is 8.47. The molecule has 0 spiro atoms. The number of hydrogen-bond donors (Lipinski definition) is 2. The molecule has 3 N–H and O–H groups in total. The van der Waals surface area contributed by atoms with Gasteiger partial charge in [-0.3, -0.25) is 14.5 Å². The summed E-state index contributed by atoms with van der Waals surface area (Å²) >= 11 is 5.37. The maximum Gasteiger partial charge on any atom is 0.251 e. The average molecular weight is 340 g/mol. The third-order valence-electron chi connectivity index (χ3n) is 4.97. The van der Waals surface area contributed by atoms with Crippen LogP contribution in [0.5, 0.6) is 0 Å². The van der Waals surface area contributed by atoms with Gasteiger partial charge in [0.1, 0.15) is 5.54 Å². The third-order valence-corrected chi connectivity index (χ3v) is 5.27. The molecule has 2 atom stereocenters. The largest absolute Gasteiger partial charge is 0.369 e. The van der Waals surface area contributed by atoms with E-state index in [9.17, 15) is 9.59 Å². The van der Waals surface area contributed by atoms with Crippen molar-refractivity contribution >= 4 is 29.1 Å². The van der Waals surface area contributed by atoms with Crippen LogP contribution in [-0.2, 0) is 9.59 Å². The lowest BCUT2D eigenvalue weighted by atomic mass is 10.0. The summed E-state index contributed by atoms with van der Waals surface area (Å²) in [6.45, 7) is 7.47. The summed E-state index contributed by atoms with van der Waals surface area (Å²) < 4.78 is 0. The maximum absolute atomic E-state index is 12.1. The van der Waals surface area contributed by atoms with Crippen molar-refractivity contribution < 1.29 is 9.59 Å². The Labute approximate surface area is 143 Å². The van der Waals surface area contributed by atoms with E-state index in [-0.39, 0.29) is 23.9 Å². The number of nitrogens with one attached hydrogen (secondary N) is 1. The van der Waals surface area contributed by atoms with Gasteiger partial charge < -0.3 is 16.0 Å². The van der Waals surface area contributed by atoms with Crippen LogP contribution in [0.1, 0.15) is 52.9 Å². The van der Waals surface area contributed by atoms with Crippen LogP contribution >= 0.6 is 12.2 Å². The summed E-state index contributed by atoms with van der Waals surface area (Å²) in [6, 6.07) is 0. The molecule has 0 aromatic heterocycles. The van der Waals surface area contributed by atoms with Gasteiger partial charge in [-0.15, -0.1) is 0 Å². The van der Waals surface area contributed by atoms with Crippen LogP contribution < -0.4 is 11.1 Å². The first kappa shape index (κ1) is 18.1. The van der Waals surface area contributed by atoms with Crippen LogP contribution in [0.4, 0.5) is 0 Å². The molecule has 7 heteroatoms. The Hall–Kier alpha value is -1.21. The topological polar surface area (TPSA) is 78.7 Å². The first-order chi connectivity index (χ1) is 10.8. The van der Waals surface area contributed by atoms with Crippen molar-refractivity contribution in [2.24, 2.45) is 11.7 Å². The van der Waals surface area contributed by atoms with Crippen LogP contribution in [0, 0.1) is 5.92 Å². The number of nitrogens with zero attached hydrogens (tertiary/aromatic N) is 2. The standard InChI is InChI=1S/C16H28N4O2S/c1-4-5-6-7-8-19-10-11(13(17)21)9-12(19)20-15(23)18-14(22)16(20,2)3/h11-12H,4-10H2,1-3H3,(H2,17,21)(H,18,22,23). The number of rotatable bonds is 7. The van der Waals surface area contributed by atoms with Crippen molar-refractivity contribution in [3.63, 3.8) is 0 Å². The van der Waals surface area contributed by atoms with Gasteiger partial charge in [-0.05, 0) is 38.9 Å². The Morgan fingerprint density at radius 1 is 1.39 bits per heavy atom. The molecule has 0 saturated carbocycles. The van der Waals surface area contributed by atoms with Gasteiger partial charge >= 0.3 is 0 Å². The van der Waals surface area contributed by atoms with Gasteiger partial charge in [0, 0.05) is 13.1 Å². The molecule has 2 amide bonds. The summed E-state index contributed by atoms with van der Waals surface area (Å²) in [6.07, 6.45) is 5.24. The number of likely N-dealkylation sites (tertiary alicyclic amines) is 1. The van der Waals surface area contributed by atoms with Crippen molar-refractivity contribution in [3.05, 3.63) is 0 Å². The van der Waals surface area contributed by atoms with Crippen LogP contribution in [0.3, 0.4) is 0 Å². The smallest absolute Gasteiger partial charge is 0.251 e. The monoisotopic (exact) mass is 340 g/mol. The molecule has 2 fully saturated rings. The average Bonchev–Trinajstić information content (AvgIpc) is 2.95. The SMILES string of the molecule is CCCCCCN1CC(C(N)=O)CC1N1C(=S)NC(=O)C1(C)C. The lowest BCUT2D eigenvalue weighted by molar-refractivity contribution is -0.126. The zero-order valence-electron chi connectivity index (χ0n) is 14.3. The van der Waals surface area contributed by atoms with E-state index < -0.39 is 5.54 Å². The number of carbonyl (C=O) groups excluding carboxylic acids is 2. The summed E-state index contributed by atoms with van der Waals surface area (Å²) in [7, 11) is 0. The van der Waals surface area contributed by atoms with E-state index in [1.54, 1.807) is 0 Å². The molecule has 0 aromatic carbocycles. The Morgan fingerprint density at radius 3 is 2.61 bits per heavy atom. The molecule has 2 unspecified atom stereocenters. The number of amides is 2. The molecule has 23 heavy (non-hydrogen) atoms. The second-order valence-electron chi connectivity index (χ2n) is 7.06. The van der Waals surface area contributed by atoms with E-state index >= 15 is 0 Å². The fourth-order valence-electron chi connectivity index (χ4n) is 3.52. The Kier molecular flexibility index (Phi) is 5.62. The zero-order valence-corrected chi connectivity index (χ0v) is 15.1. The highest BCUT2D eigenvalue weighted by Gasteiger charge is 2.51. The molecule has 0 bridgehead atoms. The van der Waals surface area contributed by atoms with Crippen molar-refractivity contribution in [1.29, 1.82) is 0 Å². The summed E-state index contributed by atoms with van der Waals surface area (Å²) in [5.74, 6) is -0.537. The lowest BCUT2D eigenvalue weighted by Gasteiger charge is -2.39. The van der Waals surface area contributed by atoms with Crippen molar-refractivity contribution in [3.8, 4) is 0 Å². The minimum absolute atomic E-state index is 0.0458. The molecule has 130 valence electrons. The Bertz CT molecular complexity index is 494. The molecule has 2 rings (SSSR count). The van der Waals surface area contributed by atoms with Crippen LogP contribution in [0.25, 0.3) is 0 Å². The molecule has 2 aliphatic heterocycles. The van der Waals surface area contributed by atoms with Gasteiger partial charge in [-0.1, -0.05) is 26.2 Å². The molecular weight excluding hydrogens is 312 g/mol. The van der Waals surface area contributed by atoms with Crippen LogP contribution in [0.15, 0.2) is 0 Å². The molecule has 0 aromatic rings. The summed E-state index contributed by atoms with van der Waals surface area (Å²) in [4.78, 5) is 28.0. The number of hydrogen-bond acceptors (Lipinski definition) is 4. The van der Waals surface area contributed by atoms with E-state index in [0.29, 0.717) is 18.1 Å². The van der Waals surface area contributed by atoms with E-state index in [1.165, 1.54) is 19.3 Å². The zero-order chi connectivity index (χ0) is 17.2. The predicted octanol–water partition coefficient (Wildman–Crippen LogP) is 1.20. The molecule has 0 aliphatic carbocycles. The number of thiocarbonyl (C=S) groups is 1. The van der Waals surface area contributed by atoms with E-state index in [0.717, 1.165) is 13.0 Å². The van der Waals surface area contributed by atoms with E-state index in [1.807, 2.05) is 18.7 Å². The second-order valence-corrected chi connectivity index (χ2v) is 7.45. The summed E-state index contributed by atoms with van der Waals surface area (Å²) in [5.41, 5.74) is 4.83. The number of unbranched alkanes of at least 4 members (excludes halogenated alkanes) is 3. The minimum Gasteiger partial charge on any atom is -0.369 e. The van der Waals surface area contributed by atoms with E-state index in [2.05, 4.69) is 17.1 Å². The maximum atomic E-state index is 12.1. The minimum atomic E-state index is -0.698. The van der Waals surface area contributed by atoms with Gasteiger partial charge in [0.05, 0.1) is 12.1 Å². The van der Waals surface area contributed by atoms with Crippen LogP contribution in [0.2, 0.25) is 0 Å². The van der Waals surface area contributed by atoms with Gasteiger partial charge in [-0.25, -0.2) is 0 Å². The Balaban J connectivity index is 2.13. The van der Waals surface area contributed by atoms with Gasteiger partial charge in [0.15, 0.2) is 5.11 Å². The van der Waals surface area contributed by atoms with Crippen LogP contribution in [-0.4, -0.2) is 51.5 Å². The fourth-order valence-corrected chi connectivity index (χ4v) is 3.96. The lowest BCUT2D eigenvalue weighted by Crippen LogP contribution is -2.54. The van der Waals surface area contributed by atoms with E-state index in [4.69, 9.17) is 18.0 Å². The molecular formula is C16H28N4O2S. The van der Waals surface area contributed by atoms with Gasteiger partial charge in [-0.2, -0.15) is 0 Å². The predicted molar refractivity (Wildman–Crippen MR) is 93.5 cm³/mol. The number of primary amides is 1. The molecule has 6 nitrogen and oxygen atoms in total.